The van der Waals surface area contributed by atoms with Crippen LogP contribution in [0, 0.1) is 0 Å². The van der Waals surface area contributed by atoms with Gasteiger partial charge in [0.2, 0.25) is 0 Å². The molecule has 0 saturated carbocycles. The van der Waals surface area contributed by atoms with Gasteiger partial charge in [0.15, 0.2) is 0 Å². The summed E-state index contributed by atoms with van der Waals surface area (Å²) in [4.78, 5) is 0.935. The minimum Gasteiger partial charge on any atom is -0.748 e. The molecule has 0 N–H and O–H groups in total. The zero-order valence-electron chi connectivity index (χ0n) is 6.69. The Balaban J connectivity index is 0.00000121. The Morgan fingerprint density at radius 3 is 2.58 bits per heavy atom. The topological polar surface area (TPSA) is 57.2 Å². The van der Waals surface area contributed by atoms with E-state index in [0.29, 0.717) is 6.42 Å². The fourth-order valence-corrected chi connectivity index (χ4v) is 1.99. The van der Waals surface area contributed by atoms with Gasteiger partial charge >= 0.3 is 29.6 Å². The van der Waals surface area contributed by atoms with E-state index in [1.165, 1.54) is 11.3 Å². The summed E-state index contributed by atoms with van der Waals surface area (Å²) in [6, 6.07) is 3.65. The monoisotopic (exact) mass is 214 g/mol. The maximum atomic E-state index is 10.2. The van der Waals surface area contributed by atoms with Gasteiger partial charge in [-0.3, -0.25) is 0 Å². The molecule has 0 bridgehead atoms. The molecule has 0 amide bonds. The third kappa shape index (κ3) is 5.29. The van der Waals surface area contributed by atoms with Gasteiger partial charge < -0.3 is 4.55 Å². The molecule has 62 valence electrons. The van der Waals surface area contributed by atoms with Gasteiger partial charge in [-0.25, -0.2) is 8.42 Å². The van der Waals surface area contributed by atoms with Crippen molar-refractivity contribution in [3.63, 3.8) is 0 Å². The first-order chi connectivity index (χ1) is 5.08. The van der Waals surface area contributed by atoms with Crippen LogP contribution >= 0.6 is 11.3 Å². The van der Waals surface area contributed by atoms with Crippen LogP contribution in [0.25, 0.3) is 0 Å². The fourth-order valence-electron chi connectivity index (χ4n) is 0.680. The van der Waals surface area contributed by atoms with Crippen LogP contribution in [0.5, 0.6) is 0 Å². The standard InChI is InChI=1S/C6H8O3S2.Na/c7-11(8,9)5-3-6-2-1-4-10-6;/h1-2,4H,3,5H2,(H,7,8,9);/q;+1/p-1. The number of hydrogen-bond acceptors (Lipinski definition) is 4. The van der Waals surface area contributed by atoms with Gasteiger partial charge in [-0.05, 0) is 17.9 Å². The average Bonchev–Trinajstić information content (AvgIpc) is 2.32. The number of thiophene rings is 1. The quantitative estimate of drug-likeness (QED) is 0.425. The third-order valence-electron chi connectivity index (χ3n) is 1.18. The molecular weight excluding hydrogens is 207 g/mol. The van der Waals surface area contributed by atoms with Crippen LogP contribution in [0.15, 0.2) is 17.5 Å². The van der Waals surface area contributed by atoms with Gasteiger partial charge in [-0.2, -0.15) is 0 Å². The van der Waals surface area contributed by atoms with Crippen LogP contribution in [0.1, 0.15) is 4.88 Å². The number of aryl methyl sites for hydroxylation is 1. The first kappa shape index (κ1) is 12.6. The minimum absolute atomic E-state index is 0. The van der Waals surface area contributed by atoms with E-state index in [2.05, 4.69) is 0 Å². The zero-order chi connectivity index (χ0) is 8.32. The van der Waals surface area contributed by atoms with Crippen molar-refractivity contribution >= 4 is 21.5 Å². The van der Waals surface area contributed by atoms with Crippen molar-refractivity contribution in [2.45, 2.75) is 6.42 Å². The summed E-state index contributed by atoms with van der Waals surface area (Å²) in [6.07, 6.45) is 0.337. The van der Waals surface area contributed by atoms with E-state index >= 15 is 0 Å². The molecule has 0 saturated heterocycles. The van der Waals surface area contributed by atoms with Crippen LogP contribution in [0.3, 0.4) is 0 Å². The molecule has 1 heterocycles. The van der Waals surface area contributed by atoms with Crippen molar-refractivity contribution in [3.05, 3.63) is 22.4 Å². The maximum Gasteiger partial charge on any atom is 1.00 e. The Bertz CT molecular complexity index is 304. The van der Waals surface area contributed by atoms with Crippen molar-refractivity contribution in [2.75, 3.05) is 5.75 Å². The Hall–Kier alpha value is 0.610. The molecule has 0 aliphatic heterocycles. The summed E-state index contributed by atoms with van der Waals surface area (Å²) >= 11 is 1.46. The minimum atomic E-state index is -4.04. The van der Waals surface area contributed by atoms with Crippen LogP contribution in [-0.2, 0) is 16.5 Å². The van der Waals surface area contributed by atoms with Gasteiger partial charge in [0.1, 0.15) is 0 Å². The molecule has 0 aliphatic rings. The molecule has 3 nitrogen and oxygen atoms in total. The van der Waals surface area contributed by atoms with Crippen molar-refractivity contribution < 1.29 is 42.5 Å². The summed E-state index contributed by atoms with van der Waals surface area (Å²) in [7, 11) is -4.04. The van der Waals surface area contributed by atoms with Gasteiger partial charge in [0.25, 0.3) is 0 Å². The molecule has 1 rings (SSSR count). The van der Waals surface area contributed by atoms with Crippen LogP contribution < -0.4 is 29.6 Å². The summed E-state index contributed by atoms with van der Waals surface area (Å²) < 4.78 is 30.5. The molecule has 0 radical (unpaired) electrons. The second-order valence-electron chi connectivity index (χ2n) is 2.09. The Kier molecular flexibility index (Phi) is 5.64. The van der Waals surface area contributed by atoms with Crippen molar-refractivity contribution in [3.8, 4) is 0 Å². The Labute approximate surface area is 97.8 Å². The largest absolute Gasteiger partial charge is 1.00 e. The van der Waals surface area contributed by atoms with Crippen molar-refractivity contribution in [2.24, 2.45) is 0 Å². The van der Waals surface area contributed by atoms with E-state index in [9.17, 15) is 13.0 Å². The molecule has 0 fully saturated rings. The Morgan fingerprint density at radius 2 is 2.17 bits per heavy atom. The SMILES string of the molecule is O=S(=O)([O-])CCc1cccs1.[Na+]. The third-order valence-corrected chi connectivity index (χ3v) is 2.82. The Morgan fingerprint density at radius 1 is 1.50 bits per heavy atom. The number of hydrogen-bond donors (Lipinski definition) is 0. The second-order valence-corrected chi connectivity index (χ2v) is 4.65. The van der Waals surface area contributed by atoms with Gasteiger partial charge in [0.05, 0.1) is 10.1 Å². The zero-order valence-corrected chi connectivity index (χ0v) is 10.3. The first-order valence-corrected chi connectivity index (χ1v) is 5.49. The van der Waals surface area contributed by atoms with Gasteiger partial charge in [-0.15, -0.1) is 11.3 Å². The van der Waals surface area contributed by atoms with Crippen molar-refractivity contribution in [1.29, 1.82) is 0 Å². The summed E-state index contributed by atoms with van der Waals surface area (Å²) in [5.74, 6) is -0.298. The van der Waals surface area contributed by atoms with Crippen LogP contribution in [0.2, 0.25) is 0 Å². The predicted molar refractivity (Wildman–Crippen MR) is 42.6 cm³/mol. The molecule has 0 aliphatic carbocycles. The molecule has 1 aromatic rings. The molecule has 6 heteroatoms. The molecule has 1 aromatic heterocycles. The van der Waals surface area contributed by atoms with Gasteiger partial charge in [-0.1, -0.05) is 6.07 Å². The molecule has 12 heavy (non-hydrogen) atoms. The molecule has 0 aromatic carbocycles. The molecule has 0 spiro atoms. The predicted octanol–water partition coefficient (Wildman–Crippen LogP) is -2.16. The van der Waals surface area contributed by atoms with Crippen LogP contribution in [-0.4, -0.2) is 18.7 Å². The van der Waals surface area contributed by atoms with E-state index in [-0.39, 0.29) is 35.3 Å². The van der Waals surface area contributed by atoms with Crippen LogP contribution in [0.4, 0.5) is 0 Å². The normalized spacial score (nSPS) is 10.8. The van der Waals surface area contributed by atoms with E-state index in [0.717, 1.165) is 4.88 Å². The fraction of sp³-hybridized carbons (Fsp3) is 0.333. The van der Waals surface area contributed by atoms with Gasteiger partial charge in [0, 0.05) is 10.6 Å². The van der Waals surface area contributed by atoms with E-state index in [4.69, 9.17) is 0 Å². The smallest absolute Gasteiger partial charge is 0.748 e. The number of rotatable bonds is 3. The maximum absolute atomic E-state index is 10.2. The molecule has 0 atom stereocenters. The molecular formula is C6H7NaO3S2. The van der Waals surface area contributed by atoms with E-state index < -0.39 is 10.1 Å². The molecule has 0 unspecified atom stereocenters. The summed E-state index contributed by atoms with van der Waals surface area (Å²) in [6.45, 7) is 0. The second kappa shape index (κ2) is 5.36. The van der Waals surface area contributed by atoms with E-state index in [1.807, 2.05) is 17.5 Å². The average molecular weight is 214 g/mol. The summed E-state index contributed by atoms with van der Waals surface area (Å²) in [5.41, 5.74) is 0. The van der Waals surface area contributed by atoms with E-state index in [1.54, 1.807) is 0 Å². The first-order valence-electron chi connectivity index (χ1n) is 3.04. The van der Waals surface area contributed by atoms with Crippen molar-refractivity contribution in [1.82, 2.24) is 0 Å². The summed E-state index contributed by atoms with van der Waals surface area (Å²) in [5, 5.41) is 1.85.